The molecule has 1 saturated carbocycles. The van der Waals surface area contributed by atoms with Crippen LogP contribution in [0, 0.1) is 11.6 Å². The molecule has 1 aliphatic carbocycles. The van der Waals surface area contributed by atoms with Gasteiger partial charge in [0, 0.05) is 24.9 Å². The molecule has 3 N–H and O–H groups in total. The van der Waals surface area contributed by atoms with Crippen LogP contribution in [0.5, 0.6) is 0 Å². The van der Waals surface area contributed by atoms with Crippen LogP contribution < -0.4 is 10.6 Å². The van der Waals surface area contributed by atoms with Gasteiger partial charge in [0.15, 0.2) is 0 Å². The van der Waals surface area contributed by atoms with Crippen LogP contribution in [0.15, 0.2) is 29.5 Å². The third-order valence-corrected chi connectivity index (χ3v) is 5.01. The molecule has 4 rings (SSSR count). The first-order valence-corrected chi connectivity index (χ1v) is 9.12. The van der Waals surface area contributed by atoms with Gasteiger partial charge in [0.05, 0.1) is 29.9 Å². The Morgan fingerprint density at radius 1 is 1.24 bits per heavy atom. The molecule has 3 atom stereocenters. The highest BCUT2D eigenvalue weighted by molar-refractivity contribution is 6.47. The highest BCUT2D eigenvalue weighted by Crippen LogP contribution is 2.29. The molecule has 2 heterocycles. The number of halogens is 3. The number of nitrogens with zero attached hydrogens (tertiary/aromatic N) is 3. The van der Waals surface area contributed by atoms with Crippen molar-refractivity contribution in [2.45, 2.75) is 44.2 Å². The Hall–Kier alpha value is -3.01. The van der Waals surface area contributed by atoms with Crippen molar-refractivity contribution in [2.24, 2.45) is 4.99 Å². The van der Waals surface area contributed by atoms with Gasteiger partial charge in [0.1, 0.15) is 35.7 Å². The summed E-state index contributed by atoms with van der Waals surface area (Å²) < 4.78 is 40.6. The lowest BCUT2D eigenvalue weighted by Gasteiger charge is -2.19. The van der Waals surface area contributed by atoms with Crippen molar-refractivity contribution in [3.63, 3.8) is 0 Å². The number of aliphatic hydroxyl groups is 1. The number of carbonyl (C=O) groups excluding carboxylic acids is 1. The smallest absolute Gasteiger partial charge is 0.270 e. The molecule has 29 heavy (non-hydrogen) atoms. The van der Waals surface area contributed by atoms with Crippen molar-refractivity contribution in [3.05, 3.63) is 53.0 Å². The van der Waals surface area contributed by atoms with Crippen LogP contribution in [-0.4, -0.2) is 45.0 Å². The molecule has 7 nitrogen and oxygen atoms in total. The molecule has 1 aromatic carbocycles. The fraction of sp³-hybridized carbons (Fsp3) is 0.368. The molecule has 0 spiro atoms. The van der Waals surface area contributed by atoms with E-state index in [2.05, 4.69) is 25.6 Å². The van der Waals surface area contributed by atoms with E-state index < -0.39 is 35.9 Å². The molecule has 2 aliphatic rings. The molecule has 1 aromatic heterocycles. The summed E-state index contributed by atoms with van der Waals surface area (Å²) >= 11 is 0. The molecule has 0 radical (unpaired) electrons. The van der Waals surface area contributed by atoms with E-state index in [1.807, 2.05) is 0 Å². The maximum atomic E-state index is 13.8. The van der Waals surface area contributed by atoms with E-state index in [0.29, 0.717) is 11.3 Å². The largest absolute Gasteiger partial charge is 0.391 e. The van der Waals surface area contributed by atoms with E-state index in [1.54, 1.807) is 0 Å². The van der Waals surface area contributed by atoms with Crippen molar-refractivity contribution in [3.8, 4) is 0 Å². The highest BCUT2D eigenvalue weighted by atomic mass is 19.1. The standard InChI is InChI=1S/C19H18F3N5O2/c20-10-1-2-12(22)9(3-10)6-24-19(29)17-16-14(7-23-17)25-8-26-18(16)27-13-4-11(21)5-15(13)28/h1-3,8,11,13,15,28H,4-7H2,(H,24,29)(H,25,26,27)/t11-,13-,15-/m1/s1. The van der Waals surface area contributed by atoms with Gasteiger partial charge in [-0.1, -0.05) is 0 Å². The Balaban J connectivity index is 1.51. The van der Waals surface area contributed by atoms with Gasteiger partial charge in [-0.05, 0) is 18.2 Å². The Morgan fingerprint density at radius 3 is 2.83 bits per heavy atom. The lowest BCUT2D eigenvalue weighted by Crippen LogP contribution is -2.33. The second-order valence-electron chi connectivity index (χ2n) is 7.01. The van der Waals surface area contributed by atoms with E-state index >= 15 is 0 Å². The van der Waals surface area contributed by atoms with E-state index in [1.165, 1.54) is 6.33 Å². The SMILES string of the molecule is O=C(NCc1cc(F)ccc1F)C1=NCc2ncnc(N[C@@H]3C[C@@H](F)C[C@H]3O)c21. The Morgan fingerprint density at radius 2 is 2.07 bits per heavy atom. The number of hydrogen-bond acceptors (Lipinski definition) is 6. The molecule has 0 bridgehead atoms. The minimum Gasteiger partial charge on any atom is -0.391 e. The van der Waals surface area contributed by atoms with Crippen molar-refractivity contribution in [1.82, 2.24) is 15.3 Å². The Kier molecular flexibility index (Phi) is 5.18. The summed E-state index contributed by atoms with van der Waals surface area (Å²) in [4.78, 5) is 25.1. The maximum absolute atomic E-state index is 13.8. The number of aliphatic imine (C=N–C) groups is 1. The number of hydrogen-bond donors (Lipinski definition) is 3. The monoisotopic (exact) mass is 405 g/mol. The number of benzene rings is 1. The molecule has 1 amide bonds. The van der Waals surface area contributed by atoms with Crippen LogP contribution >= 0.6 is 0 Å². The molecular weight excluding hydrogens is 387 g/mol. The van der Waals surface area contributed by atoms with Crippen LogP contribution in [0.25, 0.3) is 0 Å². The van der Waals surface area contributed by atoms with E-state index in [0.717, 1.165) is 18.2 Å². The van der Waals surface area contributed by atoms with Gasteiger partial charge in [-0.15, -0.1) is 0 Å². The predicted octanol–water partition coefficient (Wildman–Crippen LogP) is 1.65. The normalized spacial score (nSPS) is 22.9. The van der Waals surface area contributed by atoms with Gasteiger partial charge in [0.25, 0.3) is 5.91 Å². The van der Waals surface area contributed by atoms with Crippen LogP contribution in [0.4, 0.5) is 19.0 Å². The third-order valence-electron chi connectivity index (χ3n) is 5.01. The first kappa shape index (κ1) is 19.3. The summed E-state index contributed by atoms with van der Waals surface area (Å²) in [6, 6.07) is 2.44. The molecular formula is C19H18F3N5O2. The lowest BCUT2D eigenvalue weighted by molar-refractivity contribution is -0.114. The number of anilines is 1. The quantitative estimate of drug-likeness (QED) is 0.703. The number of fused-ring (bicyclic) bond motifs is 1. The van der Waals surface area contributed by atoms with Crippen molar-refractivity contribution in [1.29, 1.82) is 0 Å². The number of carbonyl (C=O) groups is 1. The number of alkyl halides is 1. The predicted molar refractivity (Wildman–Crippen MR) is 98.0 cm³/mol. The number of rotatable bonds is 5. The summed E-state index contributed by atoms with van der Waals surface area (Å²) in [5.41, 5.74) is 0.917. The summed E-state index contributed by atoms with van der Waals surface area (Å²) in [5, 5.41) is 15.5. The third kappa shape index (κ3) is 3.93. The Labute approximate surface area is 164 Å². The fourth-order valence-corrected chi connectivity index (χ4v) is 3.54. The number of aromatic nitrogens is 2. The minimum atomic E-state index is -1.12. The van der Waals surface area contributed by atoms with E-state index in [9.17, 15) is 23.1 Å². The van der Waals surface area contributed by atoms with Gasteiger partial charge in [-0.3, -0.25) is 9.79 Å². The van der Waals surface area contributed by atoms with Crippen LogP contribution in [-0.2, 0) is 17.9 Å². The lowest BCUT2D eigenvalue weighted by atomic mass is 10.1. The Bertz CT molecular complexity index is 984. The topological polar surface area (TPSA) is 99.5 Å². The van der Waals surface area contributed by atoms with Crippen LogP contribution in [0.1, 0.15) is 29.7 Å². The zero-order valence-corrected chi connectivity index (χ0v) is 15.2. The average Bonchev–Trinajstić information content (AvgIpc) is 3.26. The summed E-state index contributed by atoms with van der Waals surface area (Å²) in [5.74, 6) is -1.57. The molecule has 0 unspecified atom stereocenters. The number of amides is 1. The highest BCUT2D eigenvalue weighted by Gasteiger charge is 2.35. The molecule has 152 valence electrons. The first-order valence-electron chi connectivity index (χ1n) is 9.12. The van der Waals surface area contributed by atoms with Gasteiger partial charge >= 0.3 is 0 Å². The minimum absolute atomic E-state index is 0.00268. The van der Waals surface area contributed by atoms with Crippen molar-refractivity contribution in [2.75, 3.05) is 5.32 Å². The summed E-state index contributed by atoms with van der Waals surface area (Å²) in [6.07, 6.45) is -0.533. The molecule has 1 fully saturated rings. The second kappa shape index (κ2) is 7.78. The molecule has 0 saturated heterocycles. The molecule has 1 aliphatic heterocycles. The zero-order valence-electron chi connectivity index (χ0n) is 15.2. The van der Waals surface area contributed by atoms with Gasteiger partial charge in [0.2, 0.25) is 0 Å². The summed E-state index contributed by atoms with van der Waals surface area (Å²) in [6.45, 7) is -0.0688. The fourth-order valence-electron chi connectivity index (χ4n) is 3.54. The average molecular weight is 405 g/mol. The van der Waals surface area contributed by atoms with E-state index in [-0.39, 0.29) is 43.0 Å². The second-order valence-corrected chi connectivity index (χ2v) is 7.01. The van der Waals surface area contributed by atoms with Crippen molar-refractivity contribution >= 4 is 17.4 Å². The number of nitrogens with one attached hydrogen (secondary N) is 2. The zero-order chi connectivity index (χ0) is 20.5. The van der Waals surface area contributed by atoms with Crippen molar-refractivity contribution < 1.29 is 23.1 Å². The first-order chi connectivity index (χ1) is 13.9. The van der Waals surface area contributed by atoms with Gasteiger partial charge in [-0.25, -0.2) is 23.1 Å². The molecule has 2 aromatic rings. The summed E-state index contributed by atoms with van der Waals surface area (Å²) in [7, 11) is 0. The van der Waals surface area contributed by atoms with Crippen LogP contribution in [0.3, 0.4) is 0 Å². The van der Waals surface area contributed by atoms with Crippen LogP contribution in [0.2, 0.25) is 0 Å². The number of aliphatic hydroxyl groups excluding tert-OH is 1. The molecule has 10 heteroatoms. The maximum Gasteiger partial charge on any atom is 0.270 e. The van der Waals surface area contributed by atoms with Gasteiger partial charge in [-0.2, -0.15) is 0 Å². The van der Waals surface area contributed by atoms with Gasteiger partial charge < -0.3 is 15.7 Å². The van der Waals surface area contributed by atoms with E-state index in [4.69, 9.17) is 0 Å².